The third kappa shape index (κ3) is 5.86. The smallest absolute Gasteiger partial charge is 0.00964 e. The van der Waals surface area contributed by atoms with E-state index in [0.717, 1.165) is 18.9 Å². The molecular formula is C14H30N2. The normalized spacial score (nSPS) is 19.1. The van der Waals surface area contributed by atoms with E-state index >= 15 is 0 Å². The molecular weight excluding hydrogens is 196 g/mol. The molecule has 0 aromatic rings. The van der Waals surface area contributed by atoms with Gasteiger partial charge in [-0.3, -0.25) is 0 Å². The molecule has 1 aliphatic rings. The number of nitrogens with two attached hydrogens (primary N) is 1. The van der Waals surface area contributed by atoms with Gasteiger partial charge in [-0.1, -0.05) is 27.7 Å². The van der Waals surface area contributed by atoms with Crippen LogP contribution in [0.5, 0.6) is 0 Å². The zero-order valence-electron chi connectivity index (χ0n) is 11.6. The van der Waals surface area contributed by atoms with Crippen LogP contribution in [0.15, 0.2) is 0 Å². The third-order valence-electron chi connectivity index (χ3n) is 3.24. The van der Waals surface area contributed by atoms with Crippen LogP contribution >= 0.6 is 0 Å². The van der Waals surface area contributed by atoms with Crippen LogP contribution in [0.2, 0.25) is 0 Å². The first-order valence-corrected chi connectivity index (χ1v) is 6.92. The van der Waals surface area contributed by atoms with Crippen LogP contribution in [0.1, 0.15) is 59.8 Å². The molecule has 0 radical (unpaired) electrons. The van der Waals surface area contributed by atoms with Gasteiger partial charge in [-0.25, -0.2) is 0 Å². The van der Waals surface area contributed by atoms with Gasteiger partial charge in [0.15, 0.2) is 0 Å². The zero-order chi connectivity index (χ0) is 12.2. The van der Waals surface area contributed by atoms with E-state index in [-0.39, 0.29) is 0 Å². The highest BCUT2D eigenvalue weighted by atomic mass is 15.2. The maximum absolute atomic E-state index is 6.20. The second kappa shape index (κ2) is 6.02. The Bertz CT molecular complexity index is 191. The molecule has 0 aromatic carbocycles. The second-order valence-corrected chi connectivity index (χ2v) is 6.58. The molecule has 1 aliphatic carbocycles. The standard InChI is InChI=1S/C14H30N2/c1-5-9-16(13-6-7-13)10-8-12(15)11-14(2,3)4/h12-13H,5-11,15H2,1-4H3. The fraction of sp³-hybridized carbons (Fsp3) is 1.00. The Labute approximate surface area is 102 Å². The van der Waals surface area contributed by atoms with Gasteiger partial charge < -0.3 is 10.6 Å². The molecule has 0 saturated heterocycles. The molecule has 0 aromatic heterocycles. The SMILES string of the molecule is CCCN(CCC(N)CC(C)(C)C)C1CC1. The number of hydrogen-bond acceptors (Lipinski definition) is 2. The summed E-state index contributed by atoms with van der Waals surface area (Å²) in [5, 5.41) is 0. The van der Waals surface area contributed by atoms with E-state index in [4.69, 9.17) is 5.73 Å². The van der Waals surface area contributed by atoms with E-state index in [9.17, 15) is 0 Å². The van der Waals surface area contributed by atoms with Gasteiger partial charge in [0.25, 0.3) is 0 Å². The first-order chi connectivity index (χ1) is 7.42. The summed E-state index contributed by atoms with van der Waals surface area (Å²) in [6.45, 7) is 11.6. The largest absolute Gasteiger partial charge is 0.328 e. The molecule has 1 rings (SSSR count). The monoisotopic (exact) mass is 226 g/mol. The number of rotatable bonds is 7. The number of nitrogens with zero attached hydrogens (tertiary/aromatic N) is 1. The predicted molar refractivity (Wildman–Crippen MR) is 71.6 cm³/mol. The van der Waals surface area contributed by atoms with Crippen LogP contribution in [-0.2, 0) is 0 Å². The highest BCUT2D eigenvalue weighted by molar-refractivity contribution is 4.85. The Morgan fingerprint density at radius 1 is 1.25 bits per heavy atom. The fourth-order valence-electron chi connectivity index (χ4n) is 2.42. The van der Waals surface area contributed by atoms with E-state index in [0.29, 0.717) is 11.5 Å². The molecule has 0 bridgehead atoms. The summed E-state index contributed by atoms with van der Waals surface area (Å²) >= 11 is 0. The van der Waals surface area contributed by atoms with Crippen molar-refractivity contribution in [3.8, 4) is 0 Å². The summed E-state index contributed by atoms with van der Waals surface area (Å²) in [7, 11) is 0. The molecule has 1 unspecified atom stereocenters. The van der Waals surface area contributed by atoms with E-state index in [1.54, 1.807) is 0 Å². The first kappa shape index (κ1) is 14.0. The average molecular weight is 226 g/mol. The highest BCUT2D eigenvalue weighted by Crippen LogP contribution is 2.27. The van der Waals surface area contributed by atoms with Crippen molar-refractivity contribution in [3.63, 3.8) is 0 Å². The van der Waals surface area contributed by atoms with Crippen molar-refractivity contribution in [1.82, 2.24) is 4.90 Å². The lowest BCUT2D eigenvalue weighted by Gasteiger charge is -2.26. The highest BCUT2D eigenvalue weighted by Gasteiger charge is 2.28. The van der Waals surface area contributed by atoms with Gasteiger partial charge in [-0.05, 0) is 50.6 Å². The van der Waals surface area contributed by atoms with Crippen LogP contribution in [0.3, 0.4) is 0 Å². The van der Waals surface area contributed by atoms with Gasteiger partial charge >= 0.3 is 0 Å². The molecule has 0 amide bonds. The van der Waals surface area contributed by atoms with Gasteiger partial charge in [0, 0.05) is 12.1 Å². The molecule has 1 fully saturated rings. The van der Waals surface area contributed by atoms with Gasteiger partial charge in [0.1, 0.15) is 0 Å². The molecule has 1 saturated carbocycles. The summed E-state index contributed by atoms with van der Waals surface area (Å²) in [6, 6.07) is 1.26. The summed E-state index contributed by atoms with van der Waals surface area (Å²) in [5.74, 6) is 0. The molecule has 0 heterocycles. The molecule has 16 heavy (non-hydrogen) atoms. The van der Waals surface area contributed by atoms with Gasteiger partial charge in [0.05, 0.1) is 0 Å². The minimum absolute atomic E-state index is 0.370. The van der Waals surface area contributed by atoms with Crippen LogP contribution in [0.25, 0.3) is 0 Å². The van der Waals surface area contributed by atoms with Crippen LogP contribution in [-0.4, -0.2) is 30.1 Å². The zero-order valence-corrected chi connectivity index (χ0v) is 11.6. The lowest BCUT2D eigenvalue weighted by atomic mass is 9.87. The quantitative estimate of drug-likeness (QED) is 0.723. The van der Waals surface area contributed by atoms with Crippen LogP contribution in [0.4, 0.5) is 0 Å². The van der Waals surface area contributed by atoms with Gasteiger partial charge in [-0.15, -0.1) is 0 Å². The molecule has 2 heteroatoms. The Morgan fingerprint density at radius 2 is 1.88 bits per heavy atom. The van der Waals surface area contributed by atoms with Crippen LogP contribution in [0, 0.1) is 5.41 Å². The van der Waals surface area contributed by atoms with Crippen molar-refractivity contribution >= 4 is 0 Å². The van der Waals surface area contributed by atoms with E-state index in [1.165, 1.54) is 32.4 Å². The van der Waals surface area contributed by atoms with E-state index < -0.39 is 0 Å². The fourth-order valence-corrected chi connectivity index (χ4v) is 2.42. The van der Waals surface area contributed by atoms with Crippen molar-refractivity contribution in [2.75, 3.05) is 13.1 Å². The topological polar surface area (TPSA) is 29.3 Å². The molecule has 2 N–H and O–H groups in total. The Morgan fingerprint density at radius 3 is 2.31 bits per heavy atom. The minimum atomic E-state index is 0.370. The van der Waals surface area contributed by atoms with Crippen LogP contribution < -0.4 is 5.73 Å². The van der Waals surface area contributed by atoms with Gasteiger partial charge in [0.2, 0.25) is 0 Å². The van der Waals surface area contributed by atoms with Crippen molar-refractivity contribution in [2.24, 2.45) is 11.1 Å². The average Bonchev–Trinajstić information content (AvgIpc) is 2.92. The Hall–Kier alpha value is -0.0800. The summed E-state index contributed by atoms with van der Waals surface area (Å²) < 4.78 is 0. The lowest BCUT2D eigenvalue weighted by Crippen LogP contribution is -2.34. The third-order valence-corrected chi connectivity index (χ3v) is 3.24. The van der Waals surface area contributed by atoms with Crippen molar-refractivity contribution in [1.29, 1.82) is 0 Å². The molecule has 2 nitrogen and oxygen atoms in total. The Kier molecular flexibility index (Phi) is 5.26. The maximum atomic E-state index is 6.20. The van der Waals surface area contributed by atoms with Crippen molar-refractivity contribution < 1.29 is 0 Å². The molecule has 0 spiro atoms. The van der Waals surface area contributed by atoms with E-state index in [2.05, 4.69) is 32.6 Å². The van der Waals surface area contributed by atoms with Gasteiger partial charge in [-0.2, -0.15) is 0 Å². The molecule has 0 aliphatic heterocycles. The molecule has 1 atom stereocenters. The van der Waals surface area contributed by atoms with Crippen molar-refractivity contribution in [3.05, 3.63) is 0 Å². The Balaban J connectivity index is 2.20. The maximum Gasteiger partial charge on any atom is 0.00964 e. The van der Waals surface area contributed by atoms with Crippen molar-refractivity contribution in [2.45, 2.75) is 71.9 Å². The minimum Gasteiger partial charge on any atom is -0.328 e. The van der Waals surface area contributed by atoms with E-state index in [1.807, 2.05) is 0 Å². The number of hydrogen-bond donors (Lipinski definition) is 1. The molecule has 96 valence electrons. The summed E-state index contributed by atoms with van der Waals surface area (Å²) in [4.78, 5) is 2.64. The summed E-state index contributed by atoms with van der Waals surface area (Å²) in [6.07, 6.45) is 6.39. The summed E-state index contributed by atoms with van der Waals surface area (Å²) in [5.41, 5.74) is 6.57. The first-order valence-electron chi connectivity index (χ1n) is 6.92. The second-order valence-electron chi connectivity index (χ2n) is 6.58. The predicted octanol–water partition coefficient (Wildman–Crippen LogP) is 3.01. The lowest BCUT2D eigenvalue weighted by molar-refractivity contribution is 0.239.